The van der Waals surface area contributed by atoms with Crippen LogP contribution in [0.15, 0.2) is 24.3 Å². The first kappa shape index (κ1) is 22.4. The van der Waals surface area contributed by atoms with Crippen LogP contribution in [0.3, 0.4) is 0 Å². The Bertz CT molecular complexity index is 500. The van der Waals surface area contributed by atoms with Crippen molar-refractivity contribution in [3.05, 3.63) is 29.8 Å². The lowest BCUT2D eigenvalue weighted by molar-refractivity contribution is 0.0237. The topological polar surface area (TPSA) is 36.9 Å². The van der Waals surface area contributed by atoms with Crippen LogP contribution in [-0.2, 0) is 13.6 Å². The molecule has 0 aliphatic heterocycles. The summed E-state index contributed by atoms with van der Waals surface area (Å²) >= 11 is 0. The average Bonchev–Trinajstić information content (AvgIpc) is 2.65. The van der Waals surface area contributed by atoms with Crippen LogP contribution >= 0.6 is 0 Å². The van der Waals surface area contributed by atoms with E-state index in [1.165, 1.54) is 18.4 Å². The highest BCUT2D eigenvalue weighted by Gasteiger charge is 2.23. The molecule has 0 spiro atoms. The molecule has 1 aliphatic rings. The zero-order valence-electron chi connectivity index (χ0n) is 17.8. The maximum absolute atomic E-state index is 6.16. The van der Waals surface area contributed by atoms with E-state index < -0.39 is 9.28 Å². The smallest absolute Gasteiger partial charge is 0.321 e. The second-order valence-corrected chi connectivity index (χ2v) is 10.0. The van der Waals surface area contributed by atoms with Gasteiger partial charge in [-0.3, -0.25) is 0 Å². The van der Waals surface area contributed by atoms with E-state index >= 15 is 0 Å². The number of methoxy groups -OCH3 is 1. The van der Waals surface area contributed by atoms with Gasteiger partial charge in [-0.25, -0.2) is 0 Å². The Labute approximate surface area is 167 Å². The third kappa shape index (κ3) is 8.34. The van der Waals surface area contributed by atoms with Crippen LogP contribution in [0.4, 0.5) is 0 Å². The molecule has 0 radical (unpaired) electrons. The quantitative estimate of drug-likeness (QED) is 0.382. The van der Waals surface area contributed by atoms with E-state index in [1.807, 2.05) is 0 Å². The highest BCUT2D eigenvalue weighted by Crippen LogP contribution is 2.34. The molecule has 1 aromatic rings. The van der Waals surface area contributed by atoms with Gasteiger partial charge in [0, 0.05) is 18.8 Å². The van der Waals surface area contributed by atoms with Crippen LogP contribution in [0.2, 0.25) is 6.04 Å². The average molecular weight is 395 g/mol. The van der Waals surface area contributed by atoms with Gasteiger partial charge in [-0.2, -0.15) is 0 Å². The van der Waals surface area contributed by atoms with Crippen LogP contribution < -0.4 is 4.74 Å². The molecule has 27 heavy (non-hydrogen) atoms. The highest BCUT2D eigenvalue weighted by molar-refractivity contribution is 6.44. The Hall–Kier alpha value is -0.883. The summed E-state index contributed by atoms with van der Waals surface area (Å²) in [7, 11) is 0.142. The molecule has 0 saturated heterocycles. The van der Waals surface area contributed by atoms with Gasteiger partial charge in [0.05, 0.1) is 13.2 Å². The summed E-state index contributed by atoms with van der Waals surface area (Å²) in [5.41, 5.74) is 1.43. The van der Waals surface area contributed by atoms with E-state index in [-0.39, 0.29) is 12.2 Å². The van der Waals surface area contributed by atoms with Crippen molar-refractivity contribution >= 4 is 9.28 Å². The van der Waals surface area contributed by atoms with E-state index in [2.05, 4.69) is 52.0 Å². The molecule has 0 amide bonds. The van der Waals surface area contributed by atoms with Crippen LogP contribution in [0.1, 0.15) is 71.3 Å². The highest BCUT2D eigenvalue weighted by atomic mass is 28.3. The van der Waals surface area contributed by atoms with Crippen LogP contribution in [0.5, 0.6) is 5.75 Å². The maximum atomic E-state index is 6.16. The molecule has 1 aliphatic carbocycles. The van der Waals surface area contributed by atoms with Gasteiger partial charge in [-0.05, 0) is 89.5 Å². The Morgan fingerprint density at radius 1 is 0.926 bits per heavy atom. The van der Waals surface area contributed by atoms with Gasteiger partial charge in [0.2, 0.25) is 0 Å². The molecule has 0 atom stereocenters. The molecule has 1 aromatic carbocycles. The summed E-state index contributed by atoms with van der Waals surface area (Å²) in [5, 5.41) is 0. The molecule has 4 nitrogen and oxygen atoms in total. The van der Waals surface area contributed by atoms with E-state index in [0.29, 0.717) is 12.0 Å². The van der Waals surface area contributed by atoms with E-state index in [4.69, 9.17) is 18.3 Å². The second-order valence-electron chi connectivity index (χ2n) is 8.06. The minimum absolute atomic E-state index is 0.245. The van der Waals surface area contributed by atoms with Crippen molar-refractivity contribution in [1.82, 2.24) is 0 Å². The fraction of sp³-hybridized carbons (Fsp3) is 0.727. The minimum atomic E-state index is -1.57. The van der Waals surface area contributed by atoms with E-state index in [0.717, 1.165) is 37.7 Å². The monoisotopic (exact) mass is 394 g/mol. The lowest BCUT2D eigenvalue weighted by Crippen LogP contribution is -2.30. The van der Waals surface area contributed by atoms with Gasteiger partial charge >= 0.3 is 9.28 Å². The predicted molar refractivity (Wildman–Crippen MR) is 113 cm³/mol. The molecular formula is C22H38O4Si. The molecular weight excluding hydrogens is 356 g/mol. The fourth-order valence-electron chi connectivity index (χ4n) is 3.71. The molecule has 1 saturated carbocycles. The number of hydrogen-bond donors (Lipinski definition) is 0. The first-order valence-electron chi connectivity index (χ1n) is 10.5. The standard InChI is InChI=1S/C22H38O4Si/c1-17(2)25-27(26-18(3)4)16-6-15-24-22-13-9-20(10-14-22)19-7-11-21(23-5)12-8-19/h7-8,11-12,17-18,20,22,27H,6,9-10,13-16H2,1-5H3/t20-,22-. The molecule has 0 aromatic heterocycles. The zero-order chi connectivity index (χ0) is 19.6. The summed E-state index contributed by atoms with van der Waals surface area (Å²) in [5.74, 6) is 1.59. The van der Waals surface area contributed by atoms with Crippen molar-refractivity contribution in [2.45, 2.75) is 90.1 Å². The second kappa shape index (κ2) is 11.8. The molecule has 0 bridgehead atoms. The first-order chi connectivity index (χ1) is 13.0. The largest absolute Gasteiger partial charge is 0.497 e. The summed E-state index contributed by atoms with van der Waals surface area (Å²) < 4.78 is 23.4. The van der Waals surface area contributed by atoms with Crippen molar-refractivity contribution in [2.24, 2.45) is 0 Å². The van der Waals surface area contributed by atoms with Gasteiger partial charge in [0.15, 0.2) is 0 Å². The summed E-state index contributed by atoms with van der Waals surface area (Å²) in [6.45, 7) is 9.16. The zero-order valence-corrected chi connectivity index (χ0v) is 18.9. The summed E-state index contributed by atoms with van der Waals surface area (Å²) in [6.07, 6.45) is 6.67. The van der Waals surface area contributed by atoms with Crippen molar-refractivity contribution in [2.75, 3.05) is 13.7 Å². The molecule has 2 rings (SSSR count). The molecule has 5 heteroatoms. The van der Waals surface area contributed by atoms with Crippen LogP contribution in [-0.4, -0.2) is 41.3 Å². The SMILES string of the molecule is COc1ccc([C@H]2CC[C@H](OCCC[SiH](OC(C)C)OC(C)C)CC2)cc1. The van der Waals surface area contributed by atoms with Crippen molar-refractivity contribution in [1.29, 1.82) is 0 Å². The summed E-state index contributed by atoms with van der Waals surface area (Å²) in [6, 6.07) is 9.57. The molecule has 0 N–H and O–H groups in total. The number of rotatable bonds is 11. The van der Waals surface area contributed by atoms with Crippen LogP contribution in [0, 0.1) is 0 Å². The van der Waals surface area contributed by atoms with Gasteiger partial charge in [-0.15, -0.1) is 0 Å². The molecule has 154 valence electrons. The number of benzene rings is 1. The fourth-order valence-corrected chi connectivity index (χ4v) is 5.76. The number of hydrogen-bond acceptors (Lipinski definition) is 4. The van der Waals surface area contributed by atoms with E-state index in [1.54, 1.807) is 7.11 Å². The Balaban J connectivity index is 1.65. The van der Waals surface area contributed by atoms with Crippen molar-refractivity contribution < 1.29 is 18.3 Å². The number of ether oxygens (including phenoxy) is 2. The van der Waals surface area contributed by atoms with Gasteiger partial charge < -0.3 is 18.3 Å². The van der Waals surface area contributed by atoms with Gasteiger partial charge in [0.25, 0.3) is 0 Å². The Morgan fingerprint density at radius 3 is 2.04 bits per heavy atom. The van der Waals surface area contributed by atoms with E-state index in [9.17, 15) is 0 Å². The van der Waals surface area contributed by atoms with Crippen molar-refractivity contribution in [3.63, 3.8) is 0 Å². The molecule has 0 heterocycles. The lowest BCUT2D eigenvalue weighted by Gasteiger charge is -2.29. The van der Waals surface area contributed by atoms with Crippen LogP contribution in [0.25, 0.3) is 0 Å². The molecule has 0 unspecified atom stereocenters. The van der Waals surface area contributed by atoms with Gasteiger partial charge in [-0.1, -0.05) is 12.1 Å². The van der Waals surface area contributed by atoms with Gasteiger partial charge in [0.1, 0.15) is 5.75 Å². The predicted octanol–water partition coefficient (Wildman–Crippen LogP) is 5.20. The summed E-state index contributed by atoms with van der Waals surface area (Å²) in [4.78, 5) is 0. The maximum Gasteiger partial charge on any atom is 0.321 e. The third-order valence-corrected chi connectivity index (χ3v) is 7.62. The van der Waals surface area contributed by atoms with Crippen molar-refractivity contribution in [3.8, 4) is 5.75 Å². The Kier molecular flexibility index (Phi) is 9.83. The lowest BCUT2D eigenvalue weighted by atomic mass is 9.83. The Morgan fingerprint density at radius 2 is 1.52 bits per heavy atom. The minimum Gasteiger partial charge on any atom is -0.497 e. The first-order valence-corrected chi connectivity index (χ1v) is 12.3. The normalized spacial score (nSPS) is 20.6. The third-order valence-electron chi connectivity index (χ3n) is 5.05. The molecule has 1 fully saturated rings.